The van der Waals surface area contributed by atoms with E-state index in [1.807, 2.05) is 42.3 Å². The third kappa shape index (κ3) is 2.58. The van der Waals surface area contributed by atoms with Gasteiger partial charge >= 0.3 is 6.03 Å². The molecule has 1 atom stereocenters. The fraction of sp³-hybridized carbons (Fsp3) is 0.462. The second-order valence-electron chi connectivity index (χ2n) is 4.55. The summed E-state index contributed by atoms with van der Waals surface area (Å²) in [6.45, 7) is 2.25. The van der Waals surface area contributed by atoms with Gasteiger partial charge in [0.2, 0.25) is 0 Å². The van der Waals surface area contributed by atoms with Crippen molar-refractivity contribution in [3.05, 3.63) is 30.3 Å². The Morgan fingerprint density at radius 1 is 1.29 bits per heavy atom. The van der Waals surface area contributed by atoms with Gasteiger partial charge in [0.15, 0.2) is 0 Å². The first-order valence-corrected chi connectivity index (χ1v) is 6.00. The summed E-state index contributed by atoms with van der Waals surface area (Å²) in [6.07, 6.45) is 0.959. The second-order valence-corrected chi connectivity index (χ2v) is 4.55. The highest BCUT2D eigenvalue weighted by Crippen LogP contribution is 2.22. The van der Waals surface area contributed by atoms with Crippen LogP contribution in [0.3, 0.4) is 0 Å². The lowest BCUT2D eigenvalue weighted by Crippen LogP contribution is -2.52. The van der Waals surface area contributed by atoms with E-state index in [0.29, 0.717) is 12.5 Å². The topological polar surface area (TPSA) is 49.6 Å². The number of hydrogen-bond acceptors (Lipinski definition) is 2. The van der Waals surface area contributed by atoms with Crippen LogP contribution >= 0.6 is 0 Å². The van der Waals surface area contributed by atoms with Crippen molar-refractivity contribution < 1.29 is 4.79 Å². The molecular weight excluding hydrogens is 214 g/mol. The SMILES string of the molecule is CN1CC(CCN)CN(c2ccccc2)C1=O. The molecule has 0 aliphatic carbocycles. The summed E-state index contributed by atoms with van der Waals surface area (Å²) in [5, 5.41) is 0. The van der Waals surface area contributed by atoms with E-state index in [1.54, 1.807) is 4.90 Å². The predicted molar refractivity (Wildman–Crippen MR) is 69.0 cm³/mol. The van der Waals surface area contributed by atoms with Crippen LogP contribution in [0.2, 0.25) is 0 Å². The summed E-state index contributed by atoms with van der Waals surface area (Å²) in [5.74, 6) is 0.461. The maximum absolute atomic E-state index is 12.1. The van der Waals surface area contributed by atoms with Crippen molar-refractivity contribution in [3.63, 3.8) is 0 Å². The molecule has 1 aliphatic rings. The highest BCUT2D eigenvalue weighted by atomic mass is 16.2. The monoisotopic (exact) mass is 233 g/mol. The van der Waals surface area contributed by atoms with Crippen LogP contribution in [-0.4, -0.2) is 37.6 Å². The van der Waals surface area contributed by atoms with E-state index in [0.717, 1.165) is 25.2 Å². The molecule has 2 rings (SSSR count). The minimum absolute atomic E-state index is 0.0736. The van der Waals surface area contributed by atoms with Crippen LogP contribution < -0.4 is 10.6 Å². The molecule has 17 heavy (non-hydrogen) atoms. The first-order chi connectivity index (χ1) is 8.22. The molecule has 1 aromatic carbocycles. The van der Waals surface area contributed by atoms with Crippen LogP contribution in [0.5, 0.6) is 0 Å². The average molecular weight is 233 g/mol. The van der Waals surface area contributed by atoms with Gasteiger partial charge in [-0.3, -0.25) is 4.90 Å². The molecule has 0 radical (unpaired) electrons. The van der Waals surface area contributed by atoms with Gasteiger partial charge in [0, 0.05) is 25.8 Å². The molecule has 1 fully saturated rings. The lowest BCUT2D eigenvalue weighted by atomic mass is 10.0. The molecule has 4 heteroatoms. The normalized spacial score (nSPS) is 20.8. The highest BCUT2D eigenvalue weighted by molar-refractivity contribution is 5.92. The van der Waals surface area contributed by atoms with Crippen molar-refractivity contribution in [2.75, 3.05) is 31.6 Å². The molecule has 1 heterocycles. The van der Waals surface area contributed by atoms with Crippen LogP contribution in [0.1, 0.15) is 6.42 Å². The number of carbonyl (C=O) groups excluding carboxylic acids is 1. The maximum Gasteiger partial charge on any atom is 0.324 e. The molecule has 0 saturated carbocycles. The molecule has 1 aromatic rings. The summed E-state index contributed by atoms with van der Waals surface area (Å²) >= 11 is 0. The van der Waals surface area contributed by atoms with Crippen molar-refractivity contribution in [2.24, 2.45) is 11.7 Å². The number of hydrogen-bond donors (Lipinski definition) is 1. The van der Waals surface area contributed by atoms with E-state index in [1.165, 1.54) is 0 Å². The van der Waals surface area contributed by atoms with Gasteiger partial charge in [0.05, 0.1) is 0 Å². The maximum atomic E-state index is 12.1. The van der Waals surface area contributed by atoms with E-state index < -0.39 is 0 Å². The Bertz CT molecular complexity index is 380. The number of carbonyl (C=O) groups is 1. The molecule has 2 N–H and O–H groups in total. The van der Waals surface area contributed by atoms with Gasteiger partial charge in [-0.2, -0.15) is 0 Å². The minimum Gasteiger partial charge on any atom is -0.330 e. The molecule has 0 bridgehead atoms. The van der Waals surface area contributed by atoms with E-state index in [4.69, 9.17) is 5.73 Å². The summed E-state index contributed by atoms with van der Waals surface area (Å²) in [6, 6.07) is 9.88. The van der Waals surface area contributed by atoms with Crippen LogP contribution in [0, 0.1) is 5.92 Å². The fourth-order valence-electron chi connectivity index (χ4n) is 2.31. The van der Waals surface area contributed by atoms with E-state index in [-0.39, 0.29) is 6.03 Å². The third-order valence-electron chi connectivity index (χ3n) is 3.17. The zero-order valence-corrected chi connectivity index (χ0v) is 10.2. The first kappa shape index (κ1) is 11.9. The first-order valence-electron chi connectivity index (χ1n) is 6.00. The quantitative estimate of drug-likeness (QED) is 0.860. The standard InChI is InChI=1S/C13H19N3O/c1-15-9-11(7-8-14)10-16(13(15)17)12-5-3-2-4-6-12/h2-6,11H,7-10,14H2,1H3. The number of rotatable bonds is 3. The molecule has 0 spiro atoms. The zero-order valence-electron chi connectivity index (χ0n) is 10.2. The number of benzene rings is 1. The molecule has 1 saturated heterocycles. The van der Waals surface area contributed by atoms with Gasteiger partial charge in [-0.25, -0.2) is 4.79 Å². The van der Waals surface area contributed by atoms with Gasteiger partial charge < -0.3 is 10.6 Å². The van der Waals surface area contributed by atoms with E-state index >= 15 is 0 Å². The Balaban J connectivity index is 2.17. The minimum atomic E-state index is 0.0736. The van der Waals surface area contributed by atoms with Gasteiger partial charge in [0.1, 0.15) is 0 Å². The van der Waals surface area contributed by atoms with Crippen molar-refractivity contribution in [3.8, 4) is 0 Å². The number of urea groups is 1. The zero-order chi connectivity index (χ0) is 12.3. The van der Waals surface area contributed by atoms with Crippen molar-refractivity contribution in [2.45, 2.75) is 6.42 Å². The molecule has 4 nitrogen and oxygen atoms in total. The van der Waals surface area contributed by atoms with Gasteiger partial charge in [-0.05, 0) is 31.0 Å². The Morgan fingerprint density at radius 3 is 2.65 bits per heavy atom. The predicted octanol–water partition coefficient (Wildman–Crippen LogP) is 1.52. The van der Waals surface area contributed by atoms with Gasteiger partial charge in [-0.1, -0.05) is 18.2 Å². The van der Waals surface area contributed by atoms with Crippen LogP contribution in [0.4, 0.5) is 10.5 Å². The number of nitrogens with zero attached hydrogens (tertiary/aromatic N) is 2. The van der Waals surface area contributed by atoms with E-state index in [2.05, 4.69) is 0 Å². The lowest BCUT2D eigenvalue weighted by molar-refractivity contribution is 0.191. The molecule has 0 aromatic heterocycles. The van der Waals surface area contributed by atoms with Crippen molar-refractivity contribution in [1.29, 1.82) is 0 Å². The van der Waals surface area contributed by atoms with Crippen molar-refractivity contribution >= 4 is 11.7 Å². The average Bonchev–Trinajstić information content (AvgIpc) is 2.35. The number of amides is 2. The fourth-order valence-corrected chi connectivity index (χ4v) is 2.31. The number of anilines is 1. The molecule has 92 valence electrons. The molecular formula is C13H19N3O. The number of para-hydroxylation sites is 1. The molecule has 1 unspecified atom stereocenters. The Kier molecular flexibility index (Phi) is 3.64. The Labute approximate surface area is 102 Å². The van der Waals surface area contributed by atoms with Crippen LogP contribution in [0.15, 0.2) is 30.3 Å². The second kappa shape index (κ2) is 5.19. The highest BCUT2D eigenvalue weighted by Gasteiger charge is 2.29. The Morgan fingerprint density at radius 2 is 2.00 bits per heavy atom. The van der Waals surface area contributed by atoms with Gasteiger partial charge in [-0.15, -0.1) is 0 Å². The van der Waals surface area contributed by atoms with E-state index in [9.17, 15) is 4.79 Å². The smallest absolute Gasteiger partial charge is 0.324 e. The Hall–Kier alpha value is -1.55. The summed E-state index contributed by atoms with van der Waals surface area (Å²) in [7, 11) is 1.85. The molecule has 1 aliphatic heterocycles. The third-order valence-corrected chi connectivity index (χ3v) is 3.17. The molecule has 2 amide bonds. The van der Waals surface area contributed by atoms with Crippen molar-refractivity contribution in [1.82, 2.24) is 4.90 Å². The van der Waals surface area contributed by atoms with Crippen LogP contribution in [-0.2, 0) is 0 Å². The summed E-state index contributed by atoms with van der Waals surface area (Å²) in [5.41, 5.74) is 6.57. The largest absolute Gasteiger partial charge is 0.330 e. The summed E-state index contributed by atoms with van der Waals surface area (Å²) in [4.78, 5) is 15.7. The summed E-state index contributed by atoms with van der Waals surface area (Å²) < 4.78 is 0. The van der Waals surface area contributed by atoms with Crippen LogP contribution in [0.25, 0.3) is 0 Å². The lowest BCUT2D eigenvalue weighted by Gasteiger charge is -2.38. The number of nitrogens with two attached hydrogens (primary N) is 1. The van der Waals surface area contributed by atoms with Gasteiger partial charge in [0.25, 0.3) is 0 Å².